The lowest BCUT2D eigenvalue weighted by Crippen LogP contribution is -2.55. The van der Waals surface area contributed by atoms with Crippen molar-refractivity contribution in [3.8, 4) is 0 Å². The maximum Gasteiger partial charge on any atom is 0.426 e. The van der Waals surface area contributed by atoms with Gasteiger partial charge in [-0.15, -0.1) is 0 Å². The molecule has 0 heterocycles. The van der Waals surface area contributed by atoms with Gasteiger partial charge >= 0.3 is 6.18 Å². The smallest absolute Gasteiger partial charge is 0.373 e. The molecule has 0 bridgehead atoms. The highest BCUT2D eigenvalue weighted by Gasteiger charge is 2.56. The summed E-state index contributed by atoms with van der Waals surface area (Å²) >= 11 is 5.92. The first-order valence-corrected chi connectivity index (χ1v) is 8.82. The predicted molar refractivity (Wildman–Crippen MR) is 102 cm³/mol. The molecule has 0 aliphatic carbocycles. The number of amides is 1. The summed E-state index contributed by atoms with van der Waals surface area (Å²) in [6, 6.07) is 18.2. The van der Waals surface area contributed by atoms with E-state index in [9.17, 15) is 23.1 Å². The van der Waals surface area contributed by atoms with Crippen molar-refractivity contribution in [2.45, 2.75) is 24.7 Å². The number of hydrogen-bond acceptors (Lipinski definition) is 2. The van der Waals surface area contributed by atoms with Crippen LogP contribution in [0.5, 0.6) is 0 Å². The summed E-state index contributed by atoms with van der Waals surface area (Å²) in [5, 5.41) is 14.2. The van der Waals surface area contributed by atoms with E-state index < -0.39 is 23.7 Å². The molecule has 0 saturated heterocycles. The standard InChI is InChI=1S/C21H17ClF3NO2/c1-20(28,21(23,24)25)19(27)26-18(14-9-11-15(22)12-10-14)17-8-4-6-13-5-2-3-7-16(13)17/h2-12,18,28H,1H3,(H,26,27). The van der Waals surface area contributed by atoms with E-state index in [4.69, 9.17) is 11.6 Å². The molecule has 0 saturated carbocycles. The van der Waals surface area contributed by atoms with Gasteiger partial charge in [0, 0.05) is 5.02 Å². The van der Waals surface area contributed by atoms with Gasteiger partial charge in [-0.2, -0.15) is 13.2 Å². The van der Waals surface area contributed by atoms with Gasteiger partial charge < -0.3 is 10.4 Å². The normalized spacial score (nSPS) is 15.1. The van der Waals surface area contributed by atoms with Crippen molar-refractivity contribution in [2.75, 3.05) is 0 Å². The van der Waals surface area contributed by atoms with E-state index in [1.807, 2.05) is 24.3 Å². The van der Waals surface area contributed by atoms with E-state index >= 15 is 0 Å². The molecule has 3 rings (SSSR count). The second kappa shape index (κ2) is 7.45. The van der Waals surface area contributed by atoms with Crippen LogP contribution >= 0.6 is 11.6 Å². The molecule has 0 aliphatic rings. The van der Waals surface area contributed by atoms with Crippen LogP contribution in [0.1, 0.15) is 24.1 Å². The third-order valence-electron chi connectivity index (χ3n) is 4.61. The number of benzene rings is 3. The Morgan fingerprint density at radius 1 is 1.00 bits per heavy atom. The number of fused-ring (bicyclic) bond motifs is 1. The number of rotatable bonds is 4. The Hall–Kier alpha value is -2.57. The Bertz CT molecular complexity index is 995. The molecule has 2 unspecified atom stereocenters. The van der Waals surface area contributed by atoms with Crippen LogP contribution in [0.4, 0.5) is 13.2 Å². The molecule has 3 nitrogen and oxygen atoms in total. The fraction of sp³-hybridized carbons (Fsp3) is 0.190. The van der Waals surface area contributed by atoms with Crippen molar-refractivity contribution >= 4 is 28.3 Å². The molecule has 2 N–H and O–H groups in total. The third kappa shape index (κ3) is 3.84. The van der Waals surface area contributed by atoms with Crippen molar-refractivity contribution in [2.24, 2.45) is 0 Å². The monoisotopic (exact) mass is 407 g/mol. The molecular formula is C21H17ClF3NO2. The van der Waals surface area contributed by atoms with E-state index in [0.29, 0.717) is 23.1 Å². The first-order chi connectivity index (χ1) is 13.1. The van der Waals surface area contributed by atoms with Crippen molar-refractivity contribution in [3.63, 3.8) is 0 Å². The van der Waals surface area contributed by atoms with Gasteiger partial charge in [0.05, 0.1) is 6.04 Å². The summed E-state index contributed by atoms with van der Waals surface area (Å²) in [6.07, 6.45) is -5.11. The molecule has 146 valence electrons. The lowest BCUT2D eigenvalue weighted by molar-refractivity contribution is -0.245. The second-order valence-corrected chi connectivity index (χ2v) is 7.03. The zero-order valence-electron chi connectivity index (χ0n) is 14.8. The summed E-state index contributed by atoms with van der Waals surface area (Å²) in [4.78, 5) is 12.4. The molecule has 7 heteroatoms. The van der Waals surface area contributed by atoms with Crippen molar-refractivity contribution in [1.29, 1.82) is 0 Å². The largest absolute Gasteiger partial charge is 0.426 e. The molecule has 0 fully saturated rings. The van der Waals surface area contributed by atoms with E-state index in [1.165, 1.54) is 0 Å². The van der Waals surface area contributed by atoms with Crippen LogP contribution in [0.2, 0.25) is 5.02 Å². The zero-order chi connectivity index (χ0) is 20.5. The number of nitrogens with one attached hydrogen (secondary N) is 1. The molecule has 0 spiro atoms. The highest BCUT2D eigenvalue weighted by atomic mass is 35.5. The van der Waals surface area contributed by atoms with Crippen molar-refractivity contribution in [3.05, 3.63) is 82.9 Å². The number of aliphatic hydroxyl groups is 1. The van der Waals surface area contributed by atoms with Crippen LogP contribution in [0.25, 0.3) is 10.8 Å². The van der Waals surface area contributed by atoms with Gasteiger partial charge in [-0.05, 0) is 41.0 Å². The van der Waals surface area contributed by atoms with Gasteiger partial charge in [-0.1, -0.05) is 66.2 Å². The van der Waals surface area contributed by atoms with Gasteiger partial charge in [-0.25, -0.2) is 0 Å². The fourth-order valence-corrected chi connectivity index (χ4v) is 3.02. The van der Waals surface area contributed by atoms with E-state index in [1.54, 1.807) is 42.5 Å². The SMILES string of the molecule is CC(O)(C(=O)NC(c1ccc(Cl)cc1)c1cccc2ccccc12)C(F)(F)F. The Morgan fingerprint density at radius 2 is 1.61 bits per heavy atom. The number of alkyl halides is 3. The minimum absolute atomic E-state index is 0.435. The molecule has 0 radical (unpaired) electrons. The summed E-state index contributed by atoms with van der Waals surface area (Å²) in [6.45, 7) is 0.435. The summed E-state index contributed by atoms with van der Waals surface area (Å²) in [5.74, 6) is -1.53. The van der Waals surface area contributed by atoms with Crippen molar-refractivity contribution in [1.82, 2.24) is 5.32 Å². The molecule has 0 aromatic heterocycles. The van der Waals surface area contributed by atoms with E-state index in [-0.39, 0.29) is 0 Å². The molecule has 1 amide bonds. The van der Waals surface area contributed by atoms with Gasteiger partial charge in [0.25, 0.3) is 5.91 Å². The van der Waals surface area contributed by atoms with Crippen LogP contribution in [-0.2, 0) is 4.79 Å². The lowest BCUT2D eigenvalue weighted by Gasteiger charge is -2.29. The van der Waals surface area contributed by atoms with Crippen LogP contribution in [0.3, 0.4) is 0 Å². The first kappa shape index (κ1) is 20.2. The van der Waals surface area contributed by atoms with Gasteiger partial charge in [-0.3, -0.25) is 4.79 Å². The van der Waals surface area contributed by atoms with Crippen LogP contribution < -0.4 is 5.32 Å². The van der Waals surface area contributed by atoms with Gasteiger partial charge in [0.15, 0.2) is 0 Å². The first-order valence-electron chi connectivity index (χ1n) is 8.44. The molecule has 28 heavy (non-hydrogen) atoms. The average molecular weight is 408 g/mol. The summed E-state index contributed by atoms with van der Waals surface area (Å²) in [7, 11) is 0. The third-order valence-corrected chi connectivity index (χ3v) is 4.86. The minimum Gasteiger partial charge on any atom is -0.373 e. The van der Waals surface area contributed by atoms with Gasteiger partial charge in [0.1, 0.15) is 0 Å². The van der Waals surface area contributed by atoms with Crippen LogP contribution in [-0.4, -0.2) is 22.8 Å². The topological polar surface area (TPSA) is 49.3 Å². The molecular weight excluding hydrogens is 391 g/mol. The number of halogens is 4. The summed E-state index contributed by atoms with van der Waals surface area (Å²) < 4.78 is 39.4. The summed E-state index contributed by atoms with van der Waals surface area (Å²) in [5.41, 5.74) is -2.39. The molecule has 0 aliphatic heterocycles. The predicted octanol–water partition coefficient (Wildman–Crippen LogP) is 5.01. The van der Waals surface area contributed by atoms with Crippen molar-refractivity contribution < 1.29 is 23.1 Å². The number of carbonyl (C=O) groups is 1. The van der Waals surface area contributed by atoms with Crippen LogP contribution in [0, 0.1) is 0 Å². The Balaban J connectivity index is 2.11. The number of hydrogen-bond donors (Lipinski definition) is 2. The number of carbonyl (C=O) groups excluding carboxylic acids is 1. The maximum absolute atomic E-state index is 13.1. The molecule has 3 aromatic carbocycles. The highest BCUT2D eigenvalue weighted by molar-refractivity contribution is 6.30. The van der Waals surface area contributed by atoms with E-state index in [0.717, 1.165) is 10.8 Å². The van der Waals surface area contributed by atoms with E-state index in [2.05, 4.69) is 5.32 Å². The second-order valence-electron chi connectivity index (χ2n) is 6.60. The Kier molecular flexibility index (Phi) is 5.37. The fourth-order valence-electron chi connectivity index (χ4n) is 2.90. The average Bonchev–Trinajstić information content (AvgIpc) is 2.65. The highest BCUT2D eigenvalue weighted by Crippen LogP contribution is 2.33. The van der Waals surface area contributed by atoms with Crippen LogP contribution in [0.15, 0.2) is 66.7 Å². The Labute approximate surface area is 164 Å². The quantitative estimate of drug-likeness (QED) is 0.638. The maximum atomic E-state index is 13.1. The Morgan fingerprint density at radius 3 is 2.25 bits per heavy atom. The minimum atomic E-state index is -5.11. The molecule has 2 atom stereocenters. The molecule has 3 aromatic rings. The zero-order valence-corrected chi connectivity index (χ0v) is 15.6. The lowest BCUT2D eigenvalue weighted by atomic mass is 9.92. The van der Waals surface area contributed by atoms with Gasteiger partial charge in [0.2, 0.25) is 5.60 Å².